The smallest absolute Gasteiger partial charge is 0.0108 e. The minimum atomic E-state index is 0.819. The van der Waals surface area contributed by atoms with Crippen molar-refractivity contribution in [2.75, 3.05) is 12.9 Å². The lowest BCUT2D eigenvalue weighted by Crippen LogP contribution is -1.93. The third-order valence-electron chi connectivity index (χ3n) is 0.289. The van der Waals surface area contributed by atoms with Gasteiger partial charge in [0, 0.05) is 6.38 Å². The van der Waals surface area contributed by atoms with Crippen molar-refractivity contribution in [3.05, 3.63) is 0 Å². The summed E-state index contributed by atoms with van der Waals surface area (Å²) >= 11 is 4.64. The van der Waals surface area contributed by atoms with Gasteiger partial charge in [0.25, 0.3) is 0 Å². The Kier molecular flexibility index (Phi) is 29.8. The molecule has 0 aliphatic heterocycles. The lowest BCUT2D eigenvalue weighted by molar-refractivity contribution is 0.932. The van der Waals surface area contributed by atoms with E-state index in [2.05, 4.69) is 18.5 Å². The largest absolute Gasteiger partial charge is 0.330 e. The summed E-state index contributed by atoms with van der Waals surface area (Å²) in [4.78, 5) is 0. The number of hydrogen-bond acceptors (Lipinski definition) is 1. The van der Waals surface area contributed by atoms with Crippen LogP contribution in [0.15, 0.2) is 0 Å². The minimum Gasteiger partial charge on any atom is -0.330 e. The lowest BCUT2D eigenvalue weighted by Gasteiger charge is -1.70. The van der Waals surface area contributed by atoms with E-state index in [1.165, 1.54) is 6.38 Å². The van der Waals surface area contributed by atoms with Crippen molar-refractivity contribution in [2.24, 2.45) is 5.73 Å². The highest BCUT2D eigenvalue weighted by Crippen LogP contribution is 1.57. The van der Waals surface area contributed by atoms with Gasteiger partial charge in [0.15, 0.2) is 0 Å². The monoisotopic (exact) mass is 109 g/mol. The predicted molar refractivity (Wildman–Crippen MR) is 31.1 cm³/mol. The van der Waals surface area contributed by atoms with Crippen LogP contribution in [0.1, 0.15) is 13.3 Å². The summed E-state index contributed by atoms with van der Waals surface area (Å²) in [7, 11) is 0. The molecule has 0 amide bonds. The summed E-state index contributed by atoms with van der Waals surface area (Å²) < 4.78 is 0. The molecule has 0 aromatic carbocycles. The van der Waals surface area contributed by atoms with Crippen LogP contribution in [-0.2, 0) is 0 Å². The highest BCUT2D eigenvalue weighted by molar-refractivity contribution is 6.15. The van der Waals surface area contributed by atoms with Crippen LogP contribution in [0.2, 0.25) is 0 Å². The topological polar surface area (TPSA) is 26.0 Å². The van der Waals surface area contributed by atoms with E-state index in [1.54, 1.807) is 0 Å². The third-order valence-corrected chi connectivity index (χ3v) is 0.289. The third kappa shape index (κ3) is 28.7. The van der Waals surface area contributed by atoms with Crippen molar-refractivity contribution in [1.29, 1.82) is 0 Å². The summed E-state index contributed by atoms with van der Waals surface area (Å²) in [6, 6.07) is 0. The second-order valence-corrected chi connectivity index (χ2v) is 0.789. The van der Waals surface area contributed by atoms with Crippen molar-refractivity contribution >= 4 is 11.6 Å². The number of halogens is 1. The van der Waals surface area contributed by atoms with Crippen molar-refractivity contribution in [1.82, 2.24) is 0 Å². The Hall–Kier alpha value is 0.250. The molecule has 0 unspecified atom stereocenters. The fourth-order valence-electron chi connectivity index (χ4n) is 0. The zero-order valence-corrected chi connectivity index (χ0v) is 5.13. The van der Waals surface area contributed by atoms with Crippen LogP contribution in [0.3, 0.4) is 0 Å². The quantitative estimate of drug-likeness (QED) is 0.504. The van der Waals surface area contributed by atoms with Crippen molar-refractivity contribution in [3.8, 4) is 0 Å². The van der Waals surface area contributed by atoms with Crippen LogP contribution >= 0.6 is 11.6 Å². The molecule has 0 saturated carbocycles. The second kappa shape index (κ2) is 18.7. The number of hydrogen-bond donors (Lipinski definition) is 1. The van der Waals surface area contributed by atoms with E-state index in [0.29, 0.717) is 0 Å². The molecular weight excluding hydrogens is 97.5 g/mol. The van der Waals surface area contributed by atoms with Gasteiger partial charge in [-0.3, -0.25) is 0 Å². The molecule has 0 spiro atoms. The van der Waals surface area contributed by atoms with Crippen LogP contribution in [-0.4, -0.2) is 12.9 Å². The first-order chi connectivity index (χ1) is 2.91. The van der Waals surface area contributed by atoms with E-state index < -0.39 is 0 Å². The van der Waals surface area contributed by atoms with Gasteiger partial charge in [-0.25, -0.2) is 0 Å². The molecule has 1 nitrogen and oxygen atoms in total. The van der Waals surface area contributed by atoms with E-state index >= 15 is 0 Å². The van der Waals surface area contributed by atoms with Crippen LogP contribution in [0.5, 0.6) is 0 Å². The van der Waals surface area contributed by atoms with Crippen LogP contribution in [0.4, 0.5) is 0 Å². The molecular formula is C4H12ClN. The van der Waals surface area contributed by atoms with Gasteiger partial charge in [-0.1, -0.05) is 6.92 Å². The average Bonchev–Trinajstić information content (AvgIpc) is 1.72. The normalized spacial score (nSPS) is 6.00. The Morgan fingerprint density at radius 3 is 1.67 bits per heavy atom. The molecule has 0 saturated heterocycles. The maximum atomic E-state index is 5.03. The molecule has 0 fully saturated rings. The van der Waals surface area contributed by atoms with E-state index in [-0.39, 0.29) is 0 Å². The molecule has 0 aliphatic carbocycles. The zero-order chi connectivity index (χ0) is 5.41. The average molecular weight is 110 g/mol. The lowest BCUT2D eigenvalue weighted by atomic mass is 10.5. The summed E-state index contributed by atoms with van der Waals surface area (Å²) in [5.74, 6) is 0. The van der Waals surface area contributed by atoms with Crippen molar-refractivity contribution in [2.45, 2.75) is 13.3 Å². The summed E-state index contributed by atoms with van der Waals surface area (Å²) in [5.41, 5.74) is 5.03. The standard InChI is InChI=1S/C3H9N.CH3Cl/c1-2-3-4;1-2/h2-4H2,1H3;1H3. The van der Waals surface area contributed by atoms with Gasteiger partial charge in [-0.05, 0) is 13.0 Å². The Morgan fingerprint density at radius 1 is 1.50 bits per heavy atom. The van der Waals surface area contributed by atoms with E-state index in [9.17, 15) is 0 Å². The van der Waals surface area contributed by atoms with Crippen LogP contribution in [0, 0.1) is 0 Å². The summed E-state index contributed by atoms with van der Waals surface area (Å²) in [6.45, 7) is 2.88. The first kappa shape index (κ1) is 9.54. The molecule has 6 heavy (non-hydrogen) atoms. The maximum Gasteiger partial charge on any atom is 0.0108 e. The van der Waals surface area contributed by atoms with Crippen molar-refractivity contribution < 1.29 is 0 Å². The molecule has 0 rings (SSSR count). The Labute approximate surface area is 44.5 Å². The Morgan fingerprint density at radius 2 is 1.67 bits per heavy atom. The molecule has 0 aromatic heterocycles. The number of nitrogens with two attached hydrogens (primary N) is 1. The molecule has 0 aliphatic rings. The Bertz CT molecular complexity index is 9.51. The molecule has 40 valence electrons. The maximum absolute atomic E-state index is 5.03. The van der Waals surface area contributed by atoms with Gasteiger partial charge in [-0.2, -0.15) is 0 Å². The molecule has 0 bridgehead atoms. The van der Waals surface area contributed by atoms with E-state index in [4.69, 9.17) is 5.73 Å². The fourth-order valence-corrected chi connectivity index (χ4v) is 0. The van der Waals surface area contributed by atoms with Gasteiger partial charge in [0.05, 0.1) is 0 Å². The summed E-state index contributed by atoms with van der Waals surface area (Å²) in [6.07, 6.45) is 2.57. The van der Waals surface area contributed by atoms with Gasteiger partial charge in [-0.15, -0.1) is 11.6 Å². The zero-order valence-electron chi connectivity index (χ0n) is 4.37. The van der Waals surface area contributed by atoms with Crippen LogP contribution < -0.4 is 5.73 Å². The molecule has 0 heterocycles. The number of alkyl halides is 1. The fraction of sp³-hybridized carbons (Fsp3) is 1.00. The van der Waals surface area contributed by atoms with E-state index in [1.807, 2.05) is 0 Å². The first-order valence-corrected chi connectivity index (χ1v) is 2.75. The van der Waals surface area contributed by atoms with E-state index in [0.717, 1.165) is 13.0 Å². The first-order valence-electron chi connectivity index (χ1n) is 1.99. The van der Waals surface area contributed by atoms with Crippen LogP contribution in [0.25, 0.3) is 0 Å². The highest BCUT2D eigenvalue weighted by atomic mass is 35.5. The molecule has 0 atom stereocenters. The molecule has 2 N–H and O–H groups in total. The molecule has 0 aromatic rings. The molecule has 0 radical (unpaired) electrons. The summed E-state index contributed by atoms with van der Waals surface area (Å²) in [5, 5.41) is 0. The number of rotatable bonds is 1. The molecule has 2 heteroatoms. The van der Waals surface area contributed by atoms with Gasteiger partial charge < -0.3 is 5.73 Å². The predicted octanol–water partition coefficient (Wildman–Crippen LogP) is 1.21. The van der Waals surface area contributed by atoms with Gasteiger partial charge in [0.2, 0.25) is 0 Å². The SMILES string of the molecule is CCCN.CCl. The second-order valence-electron chi connectivity index (χ2n) is 0.789. The Balaban J connectivity index is 0. The minimum absolute atomic E-state index is 0.819. The van der Waals surface area contributed by atoms with Gasteiger partial charge in [0.1, 0.15) is 0 Å². The van der Waals surface area contributed by atoms with Crippen molar-refractivity contribution in [3.63, 3.8) is 0 Å². The highest BCUT2D eigenvalue weighted by Gasteiger charge is 1.55. The van der Waals surface area contributed by atoms with Gasteiger partial charge >= 0.3 is 0 Å².